The fourth-order valence-electron chi connectivity index (χ4n) is 2.50. The van der Waals surface area contributed by atoms with Gasteiger partial charge in [0, 0.05) is 6.54 Å². The lowest BCUT2D eigenvalue weighted by Gasteiger charge is -2.40. The van der Waals surface area contributed by atoms with Crippen molar-refractivity contribution < 1.29 is 18.3 Å². The molecule has 0 aliphatic carbocycles. The fourth-order valence-corrected chi connectivity index (χ4v) is 2.50. The second kappa shape index (κ2) is 6.60. The van der Waals surface area contributed by atoms with Crippen molar-refractivity contribution in [1.82, 2.24) is 10.2 Å². The number of carbonyl (C=O) groups excluding carboxylic acids is 1. The Balaban J connectivity index is 2.00. The first kappa shape index (κ1) is 16.7. The summed E-state index contributed by atoms with van der Waals surface area (Å²) in [6, 6.07) is 7.30. The standard InChI is InChI=1S/C16H22F2N2O2/c1-11-5-4-6-13(9-11)12(2)19-15(21)20-7-8-22-16(3,10-20)14(17)18/h4-6,9,12,14H,7-8,10H2,1-3H3,(H,19,21). The van der Waals surface area contributed by atoms with E-state index in [2.05, 4.69) is 5.32 Å². The monoisotopic (exact) mass is 312 g/mol. The molecule has 6 heteroatoms. The molecule has 0 radical (unpaired) electrons. The highest BCUT2D eigenvalue weighted by Crippen LogP contribution is 2.25. The molecule has 0 aromatic heterocycles. The zero-order chi connectivity index (χ0) is 16.3. The molecule has 0 saturated carbocycles. The van der Waals surface area contributed by atoms with Gasteiger partial charge in [-0.1, -0.05) is 29.8 Å². The van der Waals surface area contributed by atoms with Crippen LogP contribution < -0.4 is 5.32 Å². The average molecular weight is 312 g/mol. The summed E-state index contributed by atoms with van der Waals surface area (Å²) in [5, 5.41) is 2.86. The molecule has 4 nitrogen and oxygen atoms in total. The van der Waals surface area contributed by atoms with Gasteiger partial charge in [0.1, 0.15) is 5.60 Å². The highest BCUT2D eigenvalue weighted by Gasteiger charge is 2.42. The number of benzene rings is 1. The second-order valence-corrected chi connectivity index (χ2v) is 5.97. The molecule has 1 saturated heterocycles. The van der Waals surface area contributed by atoms with Crippen LogP contribution in [-0.2, 0) is 4.74 Å². The first-order valence-corrected chi connectivity index (χ1v) is 7.36. The molecule has 1 aliphatic heterocycles. The van der Waals surface area contributed by atoms with Crippen LogP contribution in [0.3, 0.4) is 0 Å². The third-order valence-electron chi connectivity index (χ3n) is 3.93. The quantitative estimate of drug-likeness (QED) is 0.932. The van der Waals surface area contributed by atoms with Crippen LogP contribution in [0.1, 0.15) is 31.0 Å². The van der Waals surface area contributed by atoms with Gasteiger partial charge in [-0.3, -0.25) is 0 Å². The summed E-state index contributed by atoms with van der Waals surface area (Å²) < 4.78 is 31.2. The summed E-state index contributed by atoms with van der Waals surface area (Å²) in [6.07, 6.45) is -2.63. The van der Waals surface area contributed by atoms with Crippen LogP contribution in [0.25, 0.3) is 0 Å². The number of hydrogen-bond acceptors (Lipinski definition) is 2. The Morgan fingerprint density at radius 2 is 2.18 bits per heavy atom. The van der Waals surface area contributed by atoms with Crippen molar-refractivity contribution in [1.29, 1.82) is 0 Å². The Morgan fingerprint density at radius 3 is 2.82 bits per heavy atom. The molecule has 22 heavy (non-hydrogen) atoms. The van der Waals surface area contributed by atoms with Crippen molar-refractivity contribution in [3.8, 4) is 0 Å². The van der Waals surface area contributed by atoms with Gasteiger partial charge in [0.2, 0.25) is 0 Å². The molecule has 122 valence electrons. The van der Waals surface area contributed by atoms with Crippen molar-refractivity contribution in [3.05, 3.63) is 35.4 Å². The first-order chi connectivity index (χ1) is 10.3. The molecule has 1 aliphatic rings. The van der Waals surface area contributed by atoms with Gasteiger partial charge in [0.05, 0.1) is 19.2 Å². The maximum Gasteiger partial charge on any atom is 0.318 e. The highest BCUT2D eigenvalue weighted by atomic mass is 19.3. The minimum absolute atomic E-state index is 0.114. The smallest absolute Gasteiger partial charge is 0.318 e. The summed E-state index contributed by atoms with van der Waals surface area (Å²) in [4.78, 5) is 13.7. The van der Waals surface area contributed by atoms with Crippen molar-refractivity contribution in [2.75, 3.05) is 19.7 Å². The van der Waals surface area contributed by atoms with Crippen LogP contribution in [-0.4, -0.2) is 42.7 Å². The number of urea groups is 1. The van der Waals surface area contributed by atoms with Crippen molar-refractivity contribution >= 4 is 6.03 Å². The van der Waals surface area contributed by atoms with Crippen LogP contribution in [0.5, 0.6) is 0 Å². The van der Waals surface area contributed by atoms with E-state index < -0.39 is 12.0 Å². The predicted molar refractivity (Wildman–Crippen MR) is 80.1 cm³/mol. The average Bonchev–Trinajstić information content (AvgIpc) is 2.47. The van der Waals surface area contributed by atoms with E-state index in [0.29, 0.717) is 6.54 Å². The van der Waals surface area contributed by atoms with Gasteiger partial charge >= 0.3 is 6.03 Å². The summed E-state index contributed by atoms with van der Waals surface area (Å²) in [6.45, 7) is 5.51. The lowest BCUT2D eigenvalue weighted by molar-refractivity contribution is -0.161. The van der Waals surface area contributed by atoms with Gasteiger partial charge in [0.15, 0.2) is 0 Å². The molecule has 1 aromatic rings. The van der Waals surface area contributed by atoms with Gasteiger partial charge in [-0.2, -0.15) is 0 Å². The predicted octanol–water partition coefficient (Wildman–Crippen LogP) is 3.12. The Kier molecular flexibility index (Phi) is 5.01. The third kappa shape index (κ3) is 3.74. The Labute approximate surface area is 129 Å². The van der Waals surface area contributed by atoms with Crippen LogP contribution in [0, 0.1) is 6.92 Å². The second-order valence-electron chi connectivity index (χ2n) is 5.97. The van der Waals surface area contributed by atoms with E-state index in [1.807, 2.05) is 38.1 Å². The number of nitrogens with zero attached hydrogens (tertiary/aromatic N) is 1. The molecule has 2 atom stereocenters. The SMILES string of the molecule is Cc1cccc(C(C)NC(=O)N2CCOC(C)(C(F)F)C2)c1. The molecule has 2 rings (SSSR count). The minimum Gasteiger partial charge on any atom is -0.366 e. The number of hydrogen-bond donors (Lipinski definition) is 1. The molecule has 2 unspecified atom stereocenters. The highest BCUT2D eigenvalue weighted by molar-refractivity contribution is 5.75. The number of ether oxygens (including phenoxy) is 1. The van der Waals surface area contributed by atoms with E-state index in [1.165, 1.54) is 11.8 Å². The number of rotatable bonds is 3. The van der Waals surface area contributed by atoms with Gasteiger partial charge in [0.25, 0.3) is 6.43 Å². The van der Waals surface area contributed by atoms with E-state index in [0.717, 1.165) is 11.1 Å². The number of aryl methyl sites for hydroxylation is 1. The van der Waals surface area contributed by atoms with Crippen LogP contribution >= 0.6 is 0 Å². The van der Waals surface area contributed by atoms with E-state index in [9.17, 15) is 13.6 Å². The number of alkyl halides is 2. The molecule has 0 spiro atoms. The van der Waals surface area contributed by atoms with Crippen LogP contribution in [0.15, 0.2) is 24.3 Å². The van der Waals surface area contributed by atoms with Crippen molar-refractivity contribution in [2.45, 2.75) is 38.8 Å². The van der Waals surface area contributed by atoms with E-state index in [1.54, 1.807) is 0 Å². The molecule has 1 heterocycles. The van der Waals surface area contributed by atoms with Crippen molar-refractivity contribution in [3.63, 3.8) is 0 Å². The summed E-state index contributed by atoms with van der Waals surface area (Å²) in [5.74, 6) is 0. The number of amides is 2. The van der Waals surface area contributed by atoms with Crippen LogP contribution in [0.2, 0.25) is 0 Å². The van der Waals surface area contributed by atoms with Crippen LogP contribution in [0.4, 0.5) is 13.6 Å². The molecule has 2 amide bonds. The lowest BCUT2D eigenvalue weighted by Crippen LogP contribution is -2.57. The number of carbonyl (C=O) groups is 1. The van der Waals surface area contributed by atoms with E-state index >= 15 is 0 Å². The van der Waals surface area contributed by atoms with E-state index in [-0.39, 0.29) is 25.2 Å². The molecule has 1 N–H and O–H groups in total. The Morgan fingerprint density at radius 1 is 1.45 bits per heavy atom. The summed E-state index contributed by atoms with van der Waals surface area (Å²) >= 11 is 0. The number of halogens is 2. The summed E-state index contributed by atoms with van der Waals surface area (Å²) in [7, 11) is 0. The Bertz CT molecular complexity index is 539. The normalized spacial score (nSPS) is 23.5. The summed E-state index contributed by atoms with van der Waals surface area (Å²) in [5.41, 5.74) is 0.496. The Hall–Kier alpha value is -1.69. The molecular formula is C16H22F2N2O2. The van der Waals surface area contributed by atoms with Gasteiger partial charge < -0.3 is 15.0 Å². The fraction of sp³-hybridized carbons (Fsp3) is 0.562. The van der Waals surface area contributed by atoms with Gasteiger partial charge in [-0.25, -0.2) is 13.6 Å². The maximum atomic E-state index is 13.0. The molecular weight excluding hydrogens is 290 g/mol. The largest absolute Gasteiger partial charge is 0.366 e. The number of morpholine rings is 1. The third-order valence-corrected chi connectivity index (χ3v) is 3.93. The zero-order valence-corrected chi connectivity index (χ0v) is 13.1. The van der Waals surface area contributed by atoms with Gasteiger partial charge in [-0.15, -0.1) is 0 Å². The lowest BCUT2D eigenvalue weighted by atomic mass is 10.0. The van der Waals surface area contributed by atoms with Crippen molar-refractivity contribution in [2.24, 2.45) is 0 Å². The minimum atomic E-state index is -2.63. The molecule has 0 bridgehead atoms. The first-order valence-electron chi connectivity index (χ1n) is 7.36. The number of nitrogens with one attached hydrogen (secondary N) is 1. The maximum absolute atomic E-state index is 13.0. The molecule has 1 aromatic carbocycles. The zero-order valence-electron chi connectivity index (χ0n) is 13.1. The molecule has 1 fully saturated rings. The van der Waals surface area contributed by atoms with Gasteiger partial charge in [-0.05, 0) is 26.3 Å². The van der Waals surface area contributed by atoms with E-state index in [4.69, 9.17) is 4.74 Å². The topological polar surface area (TPSA) is 41.6 Å².